The van der Waals surface area contributed by atoms with Gasteiger partial charge in [-0.05, 0) is 19.8 Å². The molecule has 0 atom stereocenters. The first-order valence-electron chi connectivity index (χ1n) is 7.12. The predicted molar refractivity (Wildman–Crippen MR) is 80.9 cm³/mol. The second kappa shape index (κ2) is 7.92. The molecule has 0 saturated carbocycles. The monoisotopic (exact) mass is 325 g/mol. The van der Waals surface area contributed by atoms with Crippen molar-refractivity contribution in [3.63, 3.8) is 0 Å². The third kappa shape index (κ3) is 4.55. The van der Waals surface area contributed by atoms with Crippen LogP contribution in [0.15, 0.2) is 11.5 Å². The Morgan fingerprint density at radius 2 is 2.14 bits per heavy atom. The van der Waals surface area contributed by atoms with Crippen molar-refractivity contribution >= 4 is 29.6 Å². The zero-order valence-corrected chi connectivity index (χ0v) is 13.2. The quantitative estimate of drug-likeness (QED) is 0.609. The van der Waals surface area contributed by atoms with Gasteiger partial charge in [-0.1, -0.05) is 11.8 Å². The number of esters is 1. The number of carbonyl (C=O) groups is 2. The summed E-state index contributed by atoms with van der Waals surface area (Å²) >= 11 is 1.23. The molecule has 0 radical (unpaired) electrons. The summed E-state index contributed by atoms with van der Waals surface area (Å²) in [6.45, 7) is 3.33. The third-order valence-corrected chi connectivity index (χ3v) is 4.21. The summed E-state index contributed by atoms with van der Waals surface area (Å²) in [4.78, 5) is 37.1. The van der Waals surface area contributed by atoms with Gasteiger partial charge in [0.25, 0.3) is 0 Å². The number of rotatable bonds is 5. The summed E-state index contributed by atoms with van der Waals surface area (Å²) in [5, 5.41) is 0.433. The number of hydrogen-bond acceptors (Lipinski definition) is 8. The Morgan fingerprint density at radius 3 is 2.77 bits per heavy atom. The predicted octanol–water partition coefficient (Wildman–Crippen LogP) is 0.348. The number of amides is 1. The normalized spacial score (nSPS) is 15.6. The molecule has 8 nitrogen and oxygen atoms in total. The van der Waals surface area contributed by atoms with Gasteiger partial charge in [-0.2, -0.15) is 4.98 Å². The summed E-state index contributed by atoms with van der Waals surface area (Å²) in [7, 11) is 0. The lowest BCUT2D eigenvalue weighted by Gasteiger charge is -2.30. The molecule has 1 aliphatic heterocycles. The van der Waals surface area contributed by atoms with Crippen molar-refractivity contribution in [2.24, 2.45) is 5.92 Å². The van der Waals surface area contributed by atoms with Crippen LogP contribution in [0.4, 0.5) is 5.95 Å². The molecular formula is C13H19N5O3S. The van der Waals surface area contributed by atoms with Crippen LogP contribution < -0.4 is 5.73 Å². The molecule has 1 aromatic rings. The summed E-state index contributed by atoms with van der Waals surface area (Å²) in [5.74, 6) is 0.129. The van der Waals surface area contributed by atoms with E-state index in [1.807, 2.05) is 0 Å². The number of anilines is 1. The molecule has 0 bridgehead atoms. The first-order valence-corrected chi connectivity index (χ1v) is 8.10. The van der Waals surface area contributed by atoms with Crippen LogP contribution in [0, 0.1) is 5.92 Å². The number of nitrogen functional groups attached to an aromatic ring is 1. The number of likely N-dealkylation sites (tertiary alicyclic amines) is 1. The van der Waals surface area contributed by atoms with E-state index >= 15 is 0 Å². The molecule has 1 fully saturated rings. The summed E-state index contributed by atoms with van der Waals surface area (Å²) < 4.78 is 5.01. The molecule has 1 aromatic heterocycles. The van der Waals surface area contributed by atoms with Gasteiger partial charge >= 0.3 is 5.97 Å². The van der Waals surface area contributed by atoms with Crippen LogP contribution in [-0.4, -0.2) is 57.2 Å². The first kappa shape index (κ1) is 16.5. The smallest absolute Gasteiger partial charge is 0.309 e. The molecule has 2 rings (SSSR count). The second-order valence-electron chi connectivity index (χ2n) is 4.82. The highest BCUT2D eigenvalue weighted by molar-refractivity contribution is 7.99. The van der Waals surface area contributed by atoms with Crippen molar-refractivity contribution in [1.82, 2.24) is 19.9 Å². The van der Waals surface area contributed by atoms with E-state index < -0.39 is 0 Å². The maximum atomic E-state index is 12.1. The number of carbonyl (C=O) groups excluding carboxylic acids is 2. The number of nitrogens with zero attached hydrogens (tertiary/aromatic N) is 4. The van der Waals surface area contributed by atoms with Crippen LogP contribution in [-0.2, 0) is 14.3 Å². The van der Waals surface area contributed by atoms with Gasteiger partial charge in [-0.15, -0.1) is 0 Å². The van der Waals surface area contributed by atoms with Crippen LogP contribution in [0.2, 0.25) is 0 Å². The van der Waals surface area contributed by atoms with E-state index in [-0.39, 0.29) is 29.5 Å². The number of nitrogens with two attached hydrogens (primary N) is 1. The zero-order chi connectivity index (χ0) is 15.9. The second-order valence-corrected chi connectivity index (χ2v) is 5.76. The minimum absolute atomic E-state index is 0.00583. The number of aromatic nitrogens is 3. The molecule has 120 valence electrons. The fraction of sp³-hybridized carbons (Fsp3) is 0.615. The van der Waals surface area contributed by atoms with Gasteiger partial charge in [0, 0.05) is 13.1 Å². The Labute approximate surface area is 132 Å². The third-order valence-electron chi connectivity index (χ3n) is 3.36. The minimum Gasteiger partial charge on any atom is -0.466 e. The standard InChI is InChI=1S/C13H19N5O3S/c1-2-21-11(20)9-3-5-18(6-4-9)10(19)7-22-13-16-8-15-12(14)17-13/h8-9H,2-7H2,1H3,(H2,14,15,16,17). The van der Waals surface area contributed by atoms with Crippen LogP contribution in [0.1, 0.15) is 19.8 Å². The lowest BCUT2D eigenvalue weighted by molar-refractivity contribution is -0.151. The van der Waals surface area contributed by atoms with E-state index in [4.69, 9.17) is 10.5 Å². The summed E-state index contributed by atoms with van der Waals surface area (Å²) in [5.41, 5.74) is 5.46. The number of thioether (sulfide) groups is 1. The van der Waals surface area contributed by atoms with Gasteiger partial charge < -0.3 is 15.4 Å². The summed E-state index contributed by atoms with van der Waals surface area (Å²) in [6.07, 6.45) is 2.61. The van der Waals surface area contributed by atoms with Gasteiger partial charge in [0.1, 0.15) is 6.33 Å². The highest BCUT2D eigenvalue weighted by Crippen LogP contribution is 2.20. The fourth-order valence-corrected chi connectivity index (χ4v) is 2.92. The lowest BCUT2D eigenvalue weighted by Crippen LogP contribution is -2.41. The topological polar surface area (TPSA) is 111 Å². The van der Waals surface area contributed by atoms with Gasteiger partial charge in [-0.25, -0.2) is 9.97 Å². The van der Waals surface area contributed by atoms with Crippen molar-refractivity contribution in [1.29, 1.82) is 0 Å². The van der Waals surface area contributed by atoms with E-state index in [0.29, 0.717) is 37.7 Å². The Hall–Kier alpha value is -1.90. The van der Waals surface area contributed by atoms with Crippen molar-refractivity contribution in [3.8, 4) is 0 Å². The van der Waals surface area contributed by atoms with E-state index in [9.17, 15) is 9.59 Å². The molecule has 0 unspecified atom stereocenters. The average molecular weight is 325 g/mol. The molecule has 1 amide bonds. The number of ether oxygens (including phenoxy) is 1. The van der Waals surface area contributed by atoms with Gasteiger partial charge in [-0.3, -0.25) is 9.59 Å². The maximum Gasteiger partial charge on any atom is 0.309 e. The molecule has 1 saturated heterocycles. The van der Waals surface area contributed by atoms with E-state index in [1.54, 1.807) is 11.8 Å². The Morgan fingerprint density at radius 1 is 1.41 bits per heavy atom. The van der Waals surface area contributed by atoms with Gasteiger partial charge in [0.2, 0.25) is 11.9 Å². The molecule has 0 spiro atoms. The maximum absolute atomic E-state index is 12.1. The molecule has 0 aromatic carbocycles. The number of piperidine rings is 1. The molecule has 0 aliphatic carbocycles. The summed E-state index contributed by atoms with van der Waals surface area (Å²) in [6, 6.07) is 0. The van der Waals surface area contributed by atoms with Crippen LogP contribution >= 0.6 is 11.8 Å². The minimum atomic E-state index is -0.162. The van der Waals surface area contributed by atoms with Crippen LogP contribution in [0.25, 0.3) is 0 Å². The van der Waals surface area contributed by atoms with Gasteiger partial charge in [0.05, 0.1) is 18.3 Å². The SMILES string of the molecule is CCOC(=O)C1CCN(C(=O)CSc2ncnc(N)n2)CC1. The van der Waals surface area contributed by atoms with Crippen LogP contribution in [0.5, 0.6) is 0 Å². The lowest BCUT2D eigenvalue weighted by atomic mass is 9.97. The van der Waals surface area contributed by atoms with E-state index in [1.165, 1.54) is 18.1 Å². The zero-order valence-electron chi connectivity index (χ0n) is 12.4. The number of hydrogen-bond donors (Lipinski definition) is 1. The largest absolute Gasteiger partial charge is 0.466 e. The first-order chi connectivity index (χ1) is 10.6. The van der Waals surface area contributed by atoms with Crippen LogP contribution in [0.3, 0.4) is 0 Å². The Kier molecular flexibility index (Phi) is 5.93. The van der Waals surface area contributed by atoms with E-state index in [2.05, 4.69) is 15.0 Å². The van der Waals surface area contributed by atoms with Crippen molar-refractivity contribution in [3.05, 3.63) is 6.33 Å². The van der Waals surface area contributed by atoms with Crippen molar-refractivity contribution < 1.29 is 14.3 Å². The Bertz CT molecular complexity index is 534. The Balaban J connectivity index is 1.76. The highest BCUT2D eigenvalue weighted by Gasteiger charge is 2.28. The van der Waals surface area contributed by atoms with E-state index in [0.717, 1.165) is 0 Å². The molecule has 22 heavy (non-hydrogen) atoms. The fourth-order valence-electron chi connectivity index (χ4n) is 2.20. The molecule has 1 aliphatic rings. The van der Waals surface area contributed by atoms with Gasteiger partial charge in [0.15, 0.2) is 5.16 Å². The highest BCUT2D eigenvalue weighted by atomic mass is 32.2. The molecular weight excluding hydrogens is 306 g/mol. The van der Waals surface area contributed by atoms with Crippen molar-refractivity contribution in [2.45, 2.75) is 24.9 Å². The van der Waals surface area contributed by atoms with Crippen molar-refractivity contribution in [2.75, 3.05) is 31.2 Å². The average Bonchev–Trinajstić information content (AvgIpc) is 2.53. The molecule has 2 heterocycles. The molecule has 9 heteroatoms. The molecule has 2 N–H and O–H groups in total.